The molecule has 0 spiro atoms. The fraction of sp³-hybridized carbons (Fsp3) is 0.286. The molecule has 0 radical (unpaired) electrons. The van der Waals surface area contributed by atoms with E-state index in [9.17, 15) is 9.59 Å². The Kier molecular flexibility index (Phi) is 5.97. The number of carbonyl (C=O) groups excluding carboxylic acids is 2. The average Bonchev–Trinajstić information content (AvgIpc) is 3.50. The fourth-order valence-electron chi connectivity index (χ4n) is 4.64. The SMILES string of the molecule is Cc1ccc(C(=O)N2CC(C(=O)NCc3ccc4c(c3)OCO4)C(c3ccc(C)cc3)C2)cc1. The van der Waals surface area contributed by atoms with Crippen molar-refractivity contribution in [2.24, 2.45) is 5.92 Å². The van der Waals surface area contributed by atoms with Crippen molar-refractivity contribution in [3.63, 3.8) is 0 Å². The van der Waals surface area contributed by atoms with Crippen LogP contribution in [0, 0.1) is 19.8 Å². The van der Waals surface area contributed by atoms with E-state index >= 15 is 0 Å². The van der Waals surface area contributed by atoms with Crippen LogP contribution in [0.3, 0.4) is 0 Å². The third-order valence-electron chi connectivity index (χ3n) is 6.65. The molecule has 5 rings (SSSR count). The predicted octanol–water partition coefficient (Wildman–Crippen LogP) is 4.20. The molecule has 0 aliphatic carbocycles. The largest absolute Gasteiger partial charge is 0.454 e. The van der Waals surface area contributed by atoms with Crippen LogP contribution in [0.2, 0.25) is 0 Å². The highest BCUT2D eigenvalue weighted by Crippen LogP contribution is 2.35. The lowest BCUT2D eigenvalue weighted by atomic mass is 9.88. The van der Waals surface area contributed by atoms with Gasteiger partial charge in [0.1, 0.15) is 0 Å². The monoisotopic (exact) mass is 456 g/mol. The number of hydrogen-bond acceptors (Lipinski definition) is 4. The minimum absolute atomic E-state index is 0.0387. The molecule has 0 saturated carbocycles. The van der Waals surface area contributed by atoms with Gasteiger partial charge in [-0.25, -0.2) is 0 Å². The molecule has 2 amide bonds. The van der Waals surface area contributed by atoms with Crippen molar-refractivity contribution in [2.45, 2.75) is 26.3 Å². The molecular weight excluding hydrogens is 428 g/mol. The number of amides is 2. The second-order valence-corrected chi connectivity index (χ2v) is 9.11. The summed E-state index contributed by atoms with van der Waals surface area (Å²) >= 11 is 0. The van der Waals surface area contributed by atoms with Crippen LogP contribution in [-0.2, 0) is 11.3 Å². The van der Waals surface area contributed by atoms with E-state index in [-0.39, 0.29) is 30.4 Å². The fourth-order valence-corrected chi connectivity index (χ4v) is 4.64. The van der Waals surface area contributed by atoms with E-state index in [0.717, 1.165) is 28.0 Å². The molecule has 34 heavy (non-hydrogen) atoms. The molecule has 3 aromatic carbocycles. The number of benzene rings is 3. The molecule has 0 bridgehead atoms. The average molecular weight is 457 g/mol. The normalized spacial score (nSPS) is 18.7. The minimum atomic E-state index is -0.328. The molecule has 174 valence electrons. The summed E-state index contributed by atoms with van der Waals surface area (Å²) in [6.45, 7) is 5.55. The van der Waals surface area contributed by atoms with Gasteiger partial charge in [0.05, 0.1) is 5.92 Å². The van der Waals surface area contributed by atoms with Gasteiger partial charge in [0.15, 0.2) is 11.5 Å². The van der Waals surface area contributed by atoms with Gasteiger partial charge in [-0.05, 0) is 49.2 Å². The van der Waals surface area contributed by atoms with Crippen LogP contribution in [0.5, 0.6) is 11.5 Å². The van der Waals surface area contributed by atoms with Crippen molar-refractivity contribution in [2.75, 3.05) is 19.9 Å². The Balaban J connectivity index is 1.33. The number of carbonyl (C=O) groups is 2. The first-order chi connectivity index (χ1) is 16.5. The molecule has 1 fully saturated rings. The van der Waals surface area contributed by atoms with Crippen LogP contribution < -0.4 is 14.8 Å². The summed E-state index contributed by atoms with van der Waals surface area (Å²) in [7, 11) is 0. The lowest BCUT2D eigenvalue weighted by Gasteiger charge is -2.18. The molecule has 1 saturated heterocycles. The molecule has 2 aliphatic rings. The van der Waals surface area contributed by atoms with Crippen LogP contribution in [0.25, 0.3) is 0 Å². The molecule has 2 atom stereocenters. The molecule has 6 heteroatoms. The van der Waals surface area contributed by atoms with E-state index in [1.54, 1.807) is 4.90 Å². The third kappa shape index (κ3) is 4.49. The summed E-state index contributed by atoms with van der Waals surface area (Å²) in [5, 5.41) is 3.08. The van der Waals surface area contributed by atoms with E-state index in [4.69, 9.17) is 9.47 Å². The minimum Gasteiger partial charge on any atom is -0.454 e. The zero-order valence-corrected chi connectivity index (χ0v) is 19.4. The zero-order valence-electron chi connectivity index (χ0n) is 19.4. The molecule has 2 heterocycles. The number of nitrogens with zero attached hydrogens (tertiary/aromatic N) is 1. The Morgan fingerprint density at radius 1 is 0.882 bits per heavy atom. The van der Waals surface area contributed by atoms with Crippen LogP contribution in [0.1, 0.15) is 38.5 Å². The van der Waals surface area contributed by atoms with Crippen molar-refractivity contribution in [1.82, 2.24) is 10.2 Å². The van der Waals surface area contributed by atoms with Gasteiger partial charge in [-0.3, -0.25) is 9.59 Å². The lowest BCUT2D eigenvalue weighted by Crippen LogP contribution is -2.35. The molecule has 6 nitrogen and oxygen atoms in total. The number of ether oxygens (including phenoxy) is 2. The van der Waals surface area contributed by atoms with Gasteiger partial charge in [0, 0.05) is 31.1 Å². The second-order valence-electron chi connectivity index (χ2n) is 9.11. The summed E-state index contributed by atoms with van der Waals surface area (Å²) in [4.78, 5) is 28.4. The van der Waals surface area contributed by atoms with Gasteiger partial charge in [-0.1, -0.05) is 53.6 Å². The Labute approximate surface area is 199 Å². The molecule has 1 N–H and O–H groups in total. The van der Waals surface area contributed by atoms with Gasteiger partial charge < -0.3 is 19.7 Å². The van der Waals surface area contributed by atoms with Crippen molar-refractivity contribution in [3.8, 4) is 11.5 Å². The number of nitrogens with one attached hydrogen (secondary N) is 1. The van der Waals surface area contributed by atoms with E-state index in [1.807, 2.05) is 56.3 Å². The van der Waals surface area contributed by atoms with Gasteiger partial charge in [0.2, 0.25) is 12.7 Å². The maximum atomic E-state index is 13.3. The van der Waals surface area contributed by atoms with Gasteiger partial charge in [-0.15, -0.1) is 0 Å². The quantitative estimate of drug-likeness (QED) is 0.625. The maximum Gasteiger partial charge on any atom is 0.253 e. The van der Waals surface area contributed by atoms with Gasteiger partial charge in [0.25, 0.3) is 5.91 Å². The number of fused-ring (bicyclic) bond motifs is 1. The molecular formula is C28H28N2O4. The van der Waals surface area contributed by atoms with Gasteiger partial charge in [-0.2, -0.15) is 0 Å². The van der Waals surface area contributed by atoms with E-state index < -0.39 is 0 Å². The zero-order chi connectivity index (χ0) is 23.7. The smallest absolute Gasteiger partial charge is 0.253 e. The van der Waals surface area contributed by atoms with E-state index in [0.29, 0.717) is 30.9 Å². The first-order valence-corrected chi connectivity index (χ1v) is 11.6. The highest BCUT2D eigenvalue weighted by atomic mass is 16.7. The second kappa shape index (κ2) is 9.21. The Morgan fingerprint density at radius 3 is 2.29 bits per heavy atom. The number of likely N-dealkylation sites (tertiary alicyclic amines) is 1. The van der Waals surface area contributed by atoms with Crippen molar-refractivity contribution in [3.05, 3.63) is 94.5 Å². The standard InChI is InChI=1S/C28H28N2O4/c1-18-3-8-21(9-4-18)23-15-30(28(32)22-10-5-19(2)6-11-22)16-24(23)27(31)29-14-20-7-12-25-26(13-20)34-17-33-25/h3-13,23-24H,14-17H2,1-2H3,(H,29,31). The van der Waals surface area contributed by atoms with Gasteiger partial charge >= 0.3 is 0 Å². The summed E-state index contributed by atoms with van der Waals surface area (Å²) in [5.41, 5.74) is 4.94. The number of rotatable bonds is 5. The lowest BCUT2D eigenvalue weighted by molar-refractivity contribution is -0.125. The summed E-state index contributed by atoms with van der Waals surface area (Å²) in [5.74, 6) is 0.930. The molecule has 0 aromatic heterocycles. The predicted molar refractivity (Wildman–Crippen MR) is 129 cm³/mol. The van der Waals surface area contributed by atoms with Crippen LogP contribution in [0.15, 0.2) is 66.7 Å². The first kappa shape index (κ1) is 22.0. The first-order valence-electron chi connectivity index (χ1n) is 11.6. The van der Waals surface area contributed by atoms with Crippen molar-refractivity contribution in [1.29, 1.82) is 0 Å². The Hall–Kier alpha value is -3.80. The summed E-state index contributed by atoms with van der Waals surface area (Å²) in [6.07, 6.45) is 0. The van der Waals surface area contributed by atoms with Crippen LogP contribution in [0.4, 0.5) is 0 Å². The molecule has 3 aromatic rings. The summed E-state index contributed by atoms with van der Waals surface area (Å²) < 4.78 is 10.8. The number of hydrogen-bond donors (Lipinski definition) is 1. The Morgan fingerprint density at radius 2 is 1.56 bits per heavy atom. The third-order valence-corrected chi connectivity index (χ3v) is 6.65. The van der Waals surface area contributed by atoms with E-state index in [1.165, 1.54) is 0 Å². The topological polar surface area (TPSA) is 67.9 Å². The summed E-state index contributed by atoms with van der Waals surface area (Å²) in [6, 6.07) is 21.5. The highest BCUT2D eigenvalue weighted by Gasteiger charge is 2.40. The molecule has 2 unspecified atom stereocenters. The number of aryl methyl sites for hydroxylation is 2. The maximum absolute atomic E-state index is 13.3. The van der Waals surface area contributed by atoms with Crippen LogP contribution in [-0.4, -0.2) is 36.6 Å². The van der Waals surface area contributed by atoms with Crippen molar-refractivity contribution < 1.29 is 19.1 Å². The highest BCUT2D eigenvalue weighted by molar-refractivity contribution is 5.95. The molecule has 2 aliphatic heterocycles. The van der Waals surface area contributed by atoms with Crippen molar-refractivity contribution >= 4 is 11.8 Å². The van der Waals surface area contributed by atoms with Crippen LogP contribution >= 0.6 is 0 Å². The van der Waals surface area contributed by atoms with E-state index in [2.05, 4.69) is 29.6 Å². The Bertz CT molecular complexity index is 1200.